The maximum Gasteiger partial charge on any atom is 0.110 e. The summed E-state index contributed by atoms with van der Waals surface area (Å²) in [4.78, 5) is 5.80. The van der Waals surface area contributed by atoms with Crippen LogP contribution in [0.3, 0.4) is 0 Å². The van der Waals surface area contributed by atoms with E-state index in [2.05, 4.69) is 40.0 Å². The van der Waals surface area contributed by atoms with Crippen molar-refractivity contribution in [2.24, 2.45) is 5.73 Å². The second-order valence-electron chi connectivity index (χ2n) is 3.75. The van der Waals surface area contributed by atoms with Crippen LogP contribution >= 0.6 is 27.3 Å². The van der Waals surface area contributed by atoms with Crippen LogP contribution < -0.4 is 5.73 Å². The molecule has 2 rings (SSSR count). The van der Waals surface area contributed by atoms with Crippen LogP contribution in [0.5, 0.6) is 0 Å². The van der Waals surface area contributed by atoms with E-state index in [1.54, 1.807) is 11.3 Å². The summed E-state index contributed by atoms with van der Waals surface area (Å²) < 4.78 is 1.08. The average Bonchev–Trinajstić information content (AvgIpc) is 2.62. The van der Waals surface area contributed by atoms with E-state index in [0.29, 0.717) is 0 Å². The molecule has 0 saturated carbocycles. The molecule has 2 aromatic rings. The number of halogens is 1. The molecule has 0 aliphatic heterocycles. The topological polar surface area (TPSA) is 38.9 Å². The molecule has 2 nitrogen and oxygen atoms in total. The molecule has 0 aliphatic carbocycles. The Morgan fingerprint density at radius 1 is 1.31 bits per heavy atom. The van der Waals surface area contributed by atoms with Crippen LogP contribution in [0.2, 0.25) is 0 Å². The van der Waals surface area contributed by atoms with Gasteiger partial charge >= 0.3 is 0 Å². The highest BCUT2D eigenvalue weighted by molar-refractivity contribution is 9.10. The zero-order valence-corrected chi connectivity index (χ0v) is 11.6. The summed E-state index contributed by atoms with van der Waals surface area (Å²) in [6.07, 6.45) is 0. The third-order valence-electron chi connectivity index (χ3n) is 2.32. The van der Waals surface area contributed by atoms with Crippen LogP contribution in [-0.4, -0.2) is 4.98 Å². The van der Waals surface area contributed by atoms with E-state index >= 15 is 0 Å². The third-order valence-corrected chi connectivity index (χ3v) is 4.02. The Kier molecular flexibility index (Phi) is 3.42. The van der Waals surface area contributed by atoms with Gasteiger partial charge in [-0.25, -0.2) is 4.98 Å². The molecule has 4 heteroatoms. The minimum absolute atomic E-state index is 0.00731. The molecule has 16 heavy (non-hydrogen) atoms. The highest BCUT2D eigenvalue weighted by atomic mass is 79.9. The second-order valence-corrected chi connectivity index (χ2v) is 5.90. The predicted molar refractivity (Wildman–Crippen MR) is 72.6 cm³/mol. The highest BCUT2D eigenvalue weighted by Gasteiger charge is 2.11. The predicted octanol–water partition coefficient (Wildman–Crippen LogP) is 3.90. The van der Waals surface area contributed by atoms with Crippen molar-refractivity contribution in [3.05, 3.63) is 38.6 Å². The van der Waals surface area contributed by atoms with Crippen molar-refractivity contribution in [1.82, 2.24) is 4.98 Å². The lowest BCUT2D eigenvalue weighted by molar-refractivity contribution is 0.808. The molecule has 0 aliphatic rings. The van der Waals surface area contributed by atoms with E-state index in [0.717, 1.165) is 20.7 Å². The van der Waals surface area contributed by atoms with Gasteiger partial charge in [0.1, 0.15) is 5.01 Å². The standard InChI is InChI=1S/C12H13BrN2S/c1-7(14)12-15-11(8(2)16-12)9-3-5-10(13)6-4-9/h3-7H,14H2,1-2H3. The normalized spacial score (nSPS) is 12.8. The summed E-state index contributed by atoms with van der Waals surface area (Å²) >= 11 is 5.10. The summed E-state index contributed by atoms with van der Waals surface area (Å²) in [6, 6.07) is 8.20. The molecule has 84 valence electrons. The van der Waals surface area contributed by atoms with Crippen LogP contribution in [0.25, 0.3) is 11.3 Å². The molecule has 1 unspecified atom stereocenters. The smallest absolute Gasteiger partial charge is 0.110 e. The fourth-order valence-corrected chi connectivity index (χ4v) is 2.65. The van der Waals surface area contributed by atoms with Crippen molar-refractivity contribution in [2.45, 2.75) is 19.9 Å². The molecule has 2 N–H and O–H groups in total. The molecular formula is C12H13BrN2S. The van der Waals surface area contributed by atoms with Crippen LogP contribution in [0.1, 0.15) is 22.9 Å². The largest absolute Gasteiger partial charge is 0.322 e. The summed E-state index contributed by atoms with van der Waals surface area (Å²) in [6.45, 7) is 4.05. The van der Waals surface area contributed by atoms with Gasteiger partial charge in [0.25, 0.3) is 0 Å². The molecule has 1 aromatic carbocycles. The van der Waals surface area contributed by atoms with Crippen molar-refractivity contribution in [2.75, 3.05) is 0 Å². The van der Waals surface area contributed by atoms with E-state index < -0.39 is 0 Å². The molecule has 0 fully saturated rings. The van der Waals surface area contributed by atoms with Gasteiger partial charge < -0.3 is 5.73 Å². The van der Waals surface area contributed by atoms with E-state index in [1.165, 1.54) is 4.88 Å². The fraction of sp³-hybridized carbons (Fsp3) is 0.250. The number of hydrogen-bond donors (Lipinski definition) is 1. The molecule has 1 heterocycles. The monoisotopic (exact) mass is 296 g/mol. The first-order valence-electron chi connectivity index (χ1n) is 5.07. The van der Waals surface area contributed by atoms with Crippen molar-refractivity contribution < 1.29 is 0 Å². The first-order chi connectivity index (χ1) is 7.58. The Bertz CT molecular complexity index is 488. The zero-order chi connectivity index (χ0) is 11.7. The number of benzene rings is 1. The van der Waals surface area contributed by atoms with Crippen LogP contribution in [0.15, 0.2) is 28.7 Å². The van der Waals surface area contributed by atoms with Crippen LogP contribution in [0, 0.1) is 6.92 Å². The maximum absolute atomic E-state index is 5.84. The van der Waals surface area contributed by atoms with Gasteiger partial charge in [-0.15, -0.1) is 11.3 Å². The Morgan fingerprint density at radius 2 is 1.94 bits per heavy atom. The van der Waals surface area contributed by atoms with E-state index in [1.807, 2.05) is 19.1 Å². The van der Waals surface area contributed by atoms with Gasteiger partial charge in [-0.1, -0.05) is 28.1 Å². The highest BCUT2D eigenvalue weighted by Crippen LogP contribution is 2.30. The zero-order valence-electron chi connectivity index (χ0n) is 9.20. The maximum atomic E-state index is 5.84. The number of thiazole rings is 1. The number of nitrogens with two attached hydrogens (primary N) is 1. The van der Waals surface area contributed by atoms with Crippen LogP contribution in [0.4, 0.5) is 0 Å². The van der Waals surface area contributed by atoms with Gasteiger partial charge in [-0.05, 0) is 26.0 Å². The number of aryl methyl sites for hydroxylation is 1. The third kappa shape index (κ3) is 2.34. The van der Waals surface area contributed by atoms with Crippen molar-refractivity contribution in [1.29, 1.82) is 0 Å². The Balaban J connectivity index is 2.44. The minimum atomic E-state index is 0.00731. The molecule has 1 aromatic heterocycles. The van der Waals surface area contributed by atoms with Crippen molar-refractivity contribution >= 4 is 27.3 Å². The SMILES string of the molecule is Cc1sc(C(C)N)nc1-c1ccc(Br)cc1. The van der Waals surface area contributed by atoms with Gasteiger partial charge in [0, 0.05) is 14.9 Å². The Hall–Kier alpha value is -0.710. The number of rotatable bonds is 2. The van der Waals surface area contributed by atoms with Crippen LogP contribution in [-0.2, 0) is 0 Å². The Morgan fingerprint density at radius 3 is 2.44 bits per heavy atom. The van der Waals surface area contributed by atoms with E-state index in [-0.39, 0.29) is 6.04 Å². The Labute approximate surface area is 108 Å². The van der Waals surface area contributed by atoms with Gasteiger partial charge in [0.15, 0.2) is 0 Å². The molecule has 0 saturated heterocycles. The molecule has 0 bridgehead atoms. The fourth-order valence-electron chi connectivity index (χ4n) is 1.49. The molecule has 1 atom stereocenters. The van der Waals surface area contributed by atoms with E-state index in [9.17, 15) is 0 Å². The summed E-state index contributed by atoms with van der Waals surface area (Å²) in [5, 5.41) is 0.996. The first-order valence-corrected chi connectivity index (χ1v) is 6.67. The van der Waals surface area contributed by atoms with Gasteiger partial charge in [-0.2, -0.15) is 0 Å². The second kappa shape index (κ2) is 4.65. The molecule has 0 radical (unpaired) electrons. The summed E-state index contributed by atoms with van der Waals surface area (Å²) in [5.41, 5.74) is 8.03. The number of nitrogens with zero attached hydrogens (tertiary/aromatic N) is 1. The molecular weight excluding hydrogens is 284 g/mol. The quantitative estimate of drug-likeness (QED) is 0.913. The molecule has 0 amide bonds. The van der Waals surface area contributed by atoms with Crippen molar-refractivity contribution in [3.8, 4) is 11.3 Å². The van der Waals surface area contributed by atoms with E-state index in [4.69, 9.17) is 5.73 Å². The molecule has 0 spiro atoms. The number of hydrogen-bond acceptors (Lipinski definition) is 3. The lowest BCUT2D eigenvalue weighted by Crippen LogP contribution is -2.03. The summed E-state index contributed by atoms with van der Waals surface area (Å²) in [5.74, 6) is 0. The number of aromatic nitrogens is 1. The minimum Gasteiger partial charge on any atom is -0.322 e. The van der Waals surface area contributed by atoms with Gasteiger partial charge in [-0.3, -0.25) is 0 Å². The van der Waals surface area contributed by atoms with Gasteiger partial charge in [0.05, 0.1) is 11.7 Å². The average molecular weight is 297 g/mol. The lowest BCUT2D eigenvalue weighted by atomic mass is 10.1. The first kappa shape index (κ1) is 11.8. The van der Waals surface area contributed by atoms with Gasteiger partial charge in [0.2, 0.25) is 0 Å². The summed E-state index contributed by atoms with van der Waals surface area (Å²) in [7, 11) is 0. The van der Waals surface area contributed by atoms with Crippen molar-refractivity contribution in [3.63, 3.8) is 0 Å². The lowest BCUT2D eigenvalue weighted by Gasteiger charge is -1.99.